The molecule has 1 heterocycles. The Morgan fingerprint density at radius 1 is 1.08 bits per heavy atom. The zero-order chi connectivity index (χ0) is 18.5. The molecular weight excluding hydrogens is 393 g/mol. The second kappa shape index (κ2) is 8.31. The maximum Gasteiger partial charge on any atom is 0.270 e. The Kier molecular flexibility index (Phi) is 5.88. The first-order valence-electron chi connectivity index (χ1n) is 7.55. The van der Waals surface area contributed by atoms with Crippen LogP contribution in [0.25, 0.3) is 11.3 Å². The Hall–Kier alpha value is -2.41. The van der Waals surface area contributed by atoms with Gasteiger partial charge in [-0.2, -0.15) is 5.01 Å². The standard InChI is InChI=1S/C18H13Cl2N3O2S/c19-10-16(24)23(22-17(25)13-4-2-1-3-5-13)18-21-15(11-26-18)12-6-8-14(20)9-7-12/h1-9,11H,10H2,(H,22,25). The number of hydrogen-bond donors (Lipinski definition) is 1. The average Bonchev–Trinajstić information content (AvgIpc) is 3.16. The number of benzene rings is 2. The van der Waals surface area contributed by atoms with E-state index in [2.05, 4.69) is 10.4 Å². The summed E-state index contributed by atoms with van der Waals surface area (Å²) in [5, 5.41) is 3.82. The molecule has 0 aliphatic carbocycles. The molecule has 0 spiro atoms. The second-order valence-electron chi connectivity index (χ2n) is 5.19. The average molecular weight is 406 g/mol. The number of aromatic nitrogens is 1. The van der Waals surface area contributed by atoms with Crippen LogP contribution in [0.1, 0.15) is 10.4 Å². The lowest BCUT2D eigenvalue weighted by Crippen LogP contribution is -2.47. The Balaban J connectivity index is 1.85. The van der Waals surface area contributed by atoms with E-state index < -0.39 is 11.8 Å². The molecule has 0 aliphatic rings. The zero-order valence-corrected chi connectivity index (χ0v) is 15.7. The van der Waals surface area contributed by atoms with Gasteiger partial charge in [0.15, 0.2) is 0 Å². The van der Waals surface area contributed by atoms with Crippen LogP contribution >= 0.6 is 34.5 Å². The van der Waals surface area contributed by atoms with Crippen LogP contribution in [0.4, 0.5) is 5.13 Å². The summed E-state index contributed by atoms with van der Waals surface area (Å²) in [4.78, 5) is 29.0. The van der Waals surface area contributed by atoms with Crippen LogP contribution in [0, 0.1) is 0 Å². The van der Waals surface area contributed by atoms with Crippen LogP contribution in [0.3, 0.4) is 0 Å². The van der Waals surface area contributed by atoms with E-state index in [4.69, 9.17) is 23.2 Å². The minimum atomic E-state index is -0.479. The number of hydrogen-bond acceptors (Lipinski definition) is 4. The van der Waals surface area contributed by atoms with Gasteiger partial charge in [-0.15, -0.1) is 22.9 Å². The molecule has 0 radical (unpaired) electrons. The molecule has 0 aliphatic heterocycles. The van der Waals surface area contributed by atoms with Gasteiger partial charge in [0.05, 0.1) is 5.69 Å². The lowest BCUT2D eigenvalue weighted by molar-refractivity contribution is -0.116. The zero-order valence-electron chi connectivity index (χ0n) is 13.4. The number of anilines is 1. The van der Waals surface area contributed by atoms with Crippen LogP contribution < -0.4 is 10.4 Å². The van der Waals surface area contributed by atoms with Crippen molar-refractivity contribution in [2.45, 2.75) is 0 Å². The van der Waals surface area contributed by atoms with E-state index in [1.165, 1.54) is 11.3 Å². The Morgan fingerprint density at radius 2 is 1.77 bits per heavy atom. The third-order valence-corrected chi connectivity index (χ3v) is 4.74. The summed E-state index contributed by atoms with van der Waals surface area (Å²) in [5.41, 5.74) is 4.51. The van der Waals surface area contributed by atoms with Crippen LogP contribution in [-0.2, 0) is 4.79 Å². The Bertz CT molecular complexity index is 914. The fourth-order valence-electron chi connectivity index (χ4n) is 2.15. The molecular formula is C18H13Cl2N3O2S. The number of nitrogens with one attached hydrogen (secondary N) is 1. The molecule has 0 unspecified atom stereocenters. The maximum atomic E-state index is 12.4. The van der Waals surface area contributed by atoms with Gasteiger partial charge in [0.1, 0.15) is 5.88 Å². The van der Waals surface area contributed by atoms with Crippen molar-refractivity contribution in [2.24, 2.45) is 0 Å². The lowest BCUT2D eigenvalue weighted by atomic mass is 10.2. The molecule has 1 aromatic heterocycles. The number of carbonyl (C=O) groups is 2. The van der Waals surface area contributed by atoms with E-state index in [-0.39, 0.29) is 5.88 Å². The number of rotatable bonds is 4. The van der Waals surface area contributed by atoms with Gasteiger partial charge in [-0.05, 0) is 24.3 Å². The molecule has 26 heavy (non-hydrogen) atoms. The number of amides is 2. The van der Waals surface area contributed by atoms with Crippen molar-refractivity contribution in [1.29, 1.82) is 0 Å². The van der Waals surface area contributed by atoms with Gasteiger partial charge in [0, 0.05) is 21.5 Å². The molecule has 0 saturated heterocycles. The molecule has 2 amide bonds. The van der Waals surface area contributed by atoms with E-state index in [0.29, 0.717) is 21.4 Å². The molecule has 0 atom stereocenters. The third kappa shape index (κ3) is 4.22. The number of alkyl halides is 1. The van der Waals surface area contributed by atoms with Crippen molar-refractivity contribution in [3.8, 4) is 11.3 Å². The van der Waals surface area contributed by atoms with Crippen molar-refractivity contribution in [1.82, 2.24) is 10.4 Å². The number of hydrazine groups is 1. The van der Waals surface area contributed by atoms with Gasteiger partial charge >= 0.3 is 0 Å². The van der Waals surface area contributed by atoms with E-state index in [1.54, 1.807) is 47.8 Å². The van der Waals surface area contributed by atoms with Crippen molar-refractivity contribution >= 4 is 51.5 Å². The normalized spacial score (nSPS) is 10.4. The largest absolute Gasteiger partial charge is 0.271 e. The molecule has 3 rings (SSSR count). The molecule has 0 saturated carbocycles. The highest BCUT2D eigenvalue weighted by atomic mass is 35.5. The Morgan fingerprint density at radius 3 is 2.42 bits per heavy atom. The number of thiazole rings is 1. The molecule has 3 aromatic rings. The summed E-state index contributed by atoms with van der Waals surface area (Å²) in [6.07, 6.45) is 0. The topological polar surface area (TPSA) is 62.3 Å². The Labute approximate surface area is 164 Å². The maximum absolute atomic E-state index is 12.4. The summed E-state index contributed by atoms with van der Waals surface area (Å²) in [6, 6.07) is 15.8. The summed E-state index contributed by atoms with van der Waals surface area (Å²) < 4.78 is 0. The summed E-state index contributed by atoms with van der Waals surface area (Å²) in [7, 11) is 0. The highest BCUT2D eigenvalue weighted by molar-refractivity contribution is 7.14. The summed E-state index contributed by atoms with van der Waals surface area (Å²) in [5.74, 6) is -1.19. The summed E-state index contributed by atoms with van der Waals surface area (Å²) in [6.45, 7) is 0. The van der Waals surface area contributed by atoms with Gasteiger partial charge in [0.2, 0.25) is 5.13 Å². The summed E-state index contributed by atoms with van der Waals surface area (Å²) >= 11 is 12.8. The fourth-order valence-corrected chi connectivity index (χ4v) is 3.21. The predicted molar refractivity (Wildman–Crippen MR) is 105 cm³/mol. The molecule has 0 fully saturated rings. The van der Waals surface area contributed by atoms with Crippen LogP contribution in [0.2, 0.25) is 5.02 Å². The first-order chi connectivity index (χ1) is 12.6. The van der Waals surface area contributed by atoms with Crippen molar-refractivity contribution in [3.05, 3.63) is 70.6 Å². The second-order valence-corrected chi connectivity index (χ2v) is 6.73. The van der Waals surface area contributed by atoms with Crippen LogP contribution in [0.15, 0.2) is 60.0 Å². The van der Waals surface area contributed by atoms with Crippen molar-refractivity contribution in [2.75, 3.05) is 10.9 Å². The molecule has 1 N–H and O–H groups in total. The van der Waals surface area contributed by atoms with Crippen molar-refractivity contribution in [3.63, 3.8) is 0 Å². The quantitative estimate of drug-likeness (QED) is 0.517. The van der Waals surface area contributed by atoms with Crippen LogP contribution in [0.5, 0.6) is 0 Å². The van der Waals surface area contributed by atoms with E-state index in [1.807, 2.05) is 12.1 Å². The third-order valence-electron chi connectivity index (χ3n) is 3.44. The molecule has 132 valence electrons. The number of nitrogens with zero attached hydrogens (tertiary/aromatic N) is 2. The van der Waals surface area contributed by atoms with Gasteiger partial charge in [0.25, 0.3) is 11.8 Å². The molecule has 8 heteroatoms. The van der Waals surface area contributed by atoms with Gasteiger partial charge in [-0.25, -0.2) is 4.98 Å². The number of carbonyl (C=O) groups excluding carboxylic acids is 2. The van der Waals surface area contributed by atoms with E-state index >= 15 is 0 Å². The van der Waals surface area contributed by atoms with E-state index in [9.17, 15) is 9.59 Å². The predicted octanol–water partition coefficient (Wildman–Crippen LogP) is 4.38. The highest BCUT2D eigenvalue weighted by Crippen LogP contribution is 2.28. The van der Waals surface area contributed by atoms with E-state index in [0.717, 1.165) is 10.6 Å². The van der Waals surface area contributed by atoms with Gasteiger partial charge < -0.3 is 0 Å². The van der Waals surface area contributed by atoms with Gasteiger partial charge in [-0.3, -0.25) is 15.0 Å². The van der Waals surface area contributed by atoms with Crippen molar-refractivity contribution < 1.29 is 9.59 Å². The lowest BCUT2D eigenvalue weighted by Gasteiger charge is -2.19. The SMILES string of the molecule is O=C(NN(C(=O)CCl)c1nc(-c2ccc(Cl)cc2)cs1)c1ccccc1. The molecule has 0 bridgehead atoms. The first-order valence-corrected chi connectivity index (χ1v) is 9.34. The fraction of sp³-hybridized carbons (Fsp3) is 0.0556. The first kappa shape index (κ1) is 18.4. The van der Waals surface area contributed by atoms with Gasteiger partial charge in [-0.1, -0.05) is 41.9 Å². The minimum Gasteiger partial charge on any atom is -0.271 e. The monoisotopic (exact) mass is 405 g/mol. The van der Waals surface area contributed by atoms with Crippen LogP contribution in [-0.4, -0.2) is 22.7 Å². The smallest absolute Gasteiger partial charge is 0.270 e. The number of halogens is 2. The molecule has 2 aromatic carbocycles. The highest BCUT2D eigenvalue weighted by Gasteiger charge is 2.21. The minimum absolute atomic E-state index is 0.287. The molecule has 5 nitrogen and oxygen atoms in total.